The highest BCUT2D eigenvalue weighted by Gasteiger charge is 2.40. The van der Waals surface area contributed by atoms with E-state index in [0.29, 0.717) is 12.3 Å². The Morgan fingerprint density at radius 3 is 2.80 bits per heavy atom. The third-order valence-electron chi connectivity index (χ3n) is 5.29. The molecule has 1 aromatic carbocycles. The molecule has 0 saturated carbocycles. The Morgan fingerprint density at radius 2 is 2.08 bits per heavy atom. The van der Waals surface area contributed by atoms with E-state index in [0.717, 1.165) is 31.5 Å². The zero-order chi connectivity index (χ0) is 18.0. The molecule has 3 atom stereocenters. The Labute approximate surface area is 148 Å². The number of nitrogens with two attached hydrogens (primary N) is 1. The molecule has 0 aromatic heterocycles. The van der Waals surface area contributed by atoms with Gasteiger partial charge in [-0.2, -0.15) is 0 Å². The number of hydrogen-bond donors (Lipinski definition) is 1. The minimum atomic E-state index is -0.309. The lowest BCUT2D eigenvalue weighted by atomic mass is 9.94. The van der Waals surface area contributed by atoms with Crippen molar-refractivity contribution in [1.29, 1.82) is 0 Å². The average Bonchev–Trinajstić information content (AvgIpc) is 3.02. The molecular weight excluding hydrogens is 318 g/mol. The number of nitrogens with zero attached hydrogens (tertiary/aromatic N) is 2. The summed E-state index contributed by atoms with van der Waals surface area (Å²) >= 11 is 0. The topological polar surface area (TPSA) is 75.9 Å². The van der Waals surface area contributed by atoms with Gasteiger partial charge in [0.1, 0.15) is 5.75 Å². The Hall–Kier alpha value is -2.08. The molecule has 2 aliphatic rings. The molecule has 1 aromatic rings. The number of carbonyl (C=O) groups excluding carboxylic acids is 2. The number of carbonyl (C=O) groups is 2. The van der Waals surface area contributed by atoms with Gasteiger partial charge in [-0.1, -0.05) is 12.1 Å². The van der Waals surface area contributed by atoms with Gasteiger partial charge < -0.3 is 20.3 Å². The lowest BCUT2D eigenvalue weighted by molar-refractivity contribution is -0.139. The second-order valence-corrected chi connectivity index (χ2v) is 7.03. The van der Waals surface area contributed by atoms with Crippen molar-refractivity contribution in [3.05, 3.63) is 24.3 Å². The molecule has 25 heavy (non-hydrogen) atoms. The van der Waals surface area contributed by atoms with Crippen LogP contribution in [0.25, 0.3) is 0 Å². The maximum absolute atomic E-state index is 13.1. The van der Waals surface area contributed by atoms with Crippen LogP contribution in [0.3, 0.4) is 0 Å². The minimum absolute atomic E-state index is 0.0304. The second kappa shape index (κ2) is 7.44. The van der Waals surface area contributed by atoms with Gasteiger partial charge in [0.05, 0.1) is 18.7 Å². The summed E-state index contributed by atoms with van der Waals surface area (Å²) in [6, 6.07) is 7.45. The molecule has 2 aliphatic heterocycles. The number of rotatable bonds is 4. The molecule has 6 nitrogen and oxygen atoms in total. The number of amides is 2. The first kappa shape index (κ1) is 17.7. The van der Waals surface area contributed by atoms with Crippen LogP contribution in [0.4, 0.5) is 5.69 Å². The molecule has 3 rings (SSSR count). The van der Waals surface area contributed by atoms with E-state index in [1.165, 1.54) is 0 Å². The van der Waals surface area contributed by atoms with E-state index in [4.69, 9.17) is 10.5 Å². The number of methoxy groups -OCH3 is 1. The summed E-state index contributed by atoms with van der Waals surface area (Å²) in [6.45, 7) is 3.10. The third kappa shape index (κ3) is 3.49. The Balaban J connectivity index is 1.76. The van der Waals surface area contributed by atoms with Gasteiger partial charge in [-0.25, -0.2) is 0 Å². The molecule has 6 heteroatoms. The first-order chi connectivity index (χ1) is 12.0. The first-order valence-corrected chi connectivity index (χ1v) is 9.02. The van der Waals surface area contributed by atoms with E-state index in [1.54, 1.807) is 12.0 Å². The molecule has 0 radical (unpaired) electrons. The van der Waals surface area contributed by atoms with Crippen LogP contribution in [0.1, 0.15) is 32.6 Å². The Morgan fingerprint density at radius 1 is 1.32 bits per heavy atom. The fraction of sp³-hybridized carbons (Fsp3) is 0.579. The maximum Gasteiger partial charge on any atom is 0.228 e. The van der Waals surface area contributed by atoms with Gasteiger partial charge in [-0.05, 0) is 38.3 Å². The Bertz CT molecular complexity index is 647. The van der Waals surface area contributed by atoms with Crippen molar-refractivity contribution in [2.45, 2.75) is 44.7 Å². The standard InChI is InChI=1S/C19H27N3O3/c1-13(20)15-7-5-6-10-21(15)19(24)14-11-18(23)22(12-14)16-8-3-4-9-17(16)25-2/h3-4,8-9,13-15H,5-7,10-12,20H2,1-2H3. The molecule has 0 spiro atoms. The number of benzene rings is 1. The van der Waals surface area contributed by atoms with Gasteiger partial charge in [0.2, 0.25) is 11.8 Å². The third-order valence-corrected chi connectivity index (χ3v) is 5.29. The lowest BCUT2D eigenvalue weighted by Gasteiger charge is -2.39. The summed E-state index contributed by atoms with van der Waals surface area (Å²) in [4.78, 5) is 29.2. The van der Waals surface area contributed by atoms with Crippen LogP contribution in [0.2, 0.25) is 0 Å². The summed E-state index contributed by atoms with van der Waals surface area (Å²) in [6.07, 6.45) is 3.30. The molecule has 2 N–H and O–H groups in total. The zero-order valence-corrected chi connectivity index (χ0v) is 15.0. The predicted octanol–water partition coefficient (Wildman–Crippen LogP) is 1.78. The normalized spacial score (nSPS) is 25.2. The molecule has 2 heterocycles. The first-order valence-electron chi connectivity index (χ1n) is 9.02. The fourth-order valence-electron chi connectivity index (χ4n) is 3.97. The highest BCUT2D eigenvalue weighted by atomic mass is 16.5. The van der Waals surface area contributed by atoms with Crippen LogP contribution >= 0.6 is 0 Å². The number of piperidine rings is 1. The van der Waals surface area contributed by atoms with Crippen LogP contribution in [0.5, 0.6) is 5.75 Å². The van der Waals surface area contributed by atoms with Crippen molar-refractivity contribution in [2.24, 2.45) is 11.7 Å². The van der Waals surface area contributed by atoms with E-state index in [2.05, 4.69) is 0 Å². The molecular formula is C19H27N3O3. The van der Waals surface area contributed by atoms with Crippen LogP contribution in [-0.4, -0.2) is 49.0 Å². The number of likely N-dealkylation sites (tertiary alicyclic amines) is 1. The minimum Gasteiger partial charge on any atom is -0.495 e. The number of hydrogen-bond acceptors (Lipinski definition) is 4. The smallest absolute Gasteiger partial charge is 0.228 e. The highest BCUT2D eigenvalue weighted by molar-refractivity contribution is 6.01. The van der Waals surface area contributed by atoms with Crippen LogP contribution in [-0.2, 0) is 9.59 Å². The second-order valence-electron chi connectivity index (χ2n) is 7.03. The van der Waals surface area contributed by atoms with Crippen LogP contribution in [0, 0.1) is 5.92 Å². The van der Waals surface area contributed by atoms with Gasteiger partial charge in [0.15, 0.2) is 0 Å². The van der Waals surface area contributed by atoms with Crippen molar-refractivity contribution in [1.82, 2.24) is 4.90 Å². The molecule has 2 saturated heterocycles. The molecule has 2 amide bonds. The Kier molecular flexibility index (Phi) is 5.27. The van der Waals surface area contributed by atoms with Gasteiger partial charge >= 0.3 is 0 Å². The monoisotopic (exact) mass is 345 g/mol. The quantitative estimate of drug-likeness (QED) is 0.902. The summed E-state index contributed by atoms with van der Waals surface area (Å²) in [5.74, 6) is 0.372. The van der Waals surface area contributed by atoms with Crippen LogP contribution < -0.4 is 15.4 Å². The molecule has 2 fully saturated rings. The van der Waals surface area contributed by atoms with Gasteiger partial charge in [0.25, 0.3) is 0 Å². The molecule has 136 valence electrons. The van der Waals surface area contributed by atoms with Gasteiger partial charge in [-0.15, -0.1) is 0 Å². The summed E-state index contributed by atoms with van der Waals surface area (Å²) < 4.78 is 5.36. The van der Waals surface area contributed by atoms with Crippen LogP contribution in [0.15, 0.2) is 24.3 Å². The van der Waals surface area contributed by atoms with Crippen molar-refractivity contribution >= 4 is 17.5 Å². The molecule has 0 aliphatic carbocycles. The van der Waals surface area contributed by atoms with Crippen molar-refractivity contribution in [3.8, 4) is 5.75 Å². The van der Waals surface area contributed by atoms with Crippen molar-refractivity contribution in [2.75, 3.05) is 25.1 Å². The van der Waals surface area contributed by atoms with E-state index in [9.17, 15) is 9.59 Å². The average molecular weight is 345 g/mol. The lowest BCUT2D eigenvalue weighted by Crippen LogP contribution is -2.53. The predicted molar refractivity (Wildman–Crippen MR) is 96.5 cm³/mol. The van der Waals surface area contributed by atoms with Gasteiger partial charge in [-0.3, -0.25) is 9.59 Å². The summed E-state index contributed by atoms with van der Waals surface area (Å²) in [5.41, 5.74) is 6.82. The summed E-state index contributed by atoms with van der Waals surface area (Å²) in [7, 11) is 1.59. The van der Waals surface area contributed by atoms with E-state index in [-0.39, 0.29) is 36.2 Å². The largest absolute Gasteiger partial charge is 0.495 e. The number of ether oxygens (including phenoxy) is 1. The maximum atomic E-state index is 13.1. The fourth-order valence-corrected chi connectivity index (χ4v) is 3.97. The number of para-hydroxylation sites is 2. The SMILES string of the molecule is COc1ccccc1N1CC(C(=O)N2CCCCC2C(C)N)CC1=O. The summed E-state index contributed by atoms with van der Waals surface area (Å²) in [5, 5.41) is 0. The van der Waals surface area contributed by atoms with Gasteiger partial charge in [0, 0.05) is 31.6 Å². The van der Waals surface area contributed by atoms with Crippen molar-refractivity contribution in [3.63, 3.8) is 0 Å². The molecule has 0 bridgehead atoms. The van der Waals surface area contributed by atoms with Crippen molar-refractivity contribution < 1.29 is 14.3 Å². The number of anilines is 1. The van der Waals surface area contributed by atoms with E-state index in [1.807, 2.05) is 36.1 Å². The van der Waals surface area contributed by atoms with E-state index < -0.39 is 0 Å². The molecule has 3 unspecified atom stereocenters. The van der Waals surface area contributed by atoms with E-state index >= 15 is 0 Å². The highest BCUT2D eigenvalue weighted by Crippen LogP contribution is 2.34. The zero-order valence-electron chi connectivity index (χ0n) is 15.0.